The Bertz CT molecular complexity index is 1060. The van der Waals surface area contributed by atoms with Crippen LogP contribution in [0, 0.1) is 5.92 Å². The summed E-state index contributed by atoms with van der Waals surface area (Å²) in [4.78, 5) is 26.0. The molecule has 0 aromatic heterocycles. The summed E-state index contributed by atoms with van der Waals surface area (Å²) in [6, 6.07) is 3.85. The Kier molecular flexibility index (Phi) is 8.86. The number of rotatable bonds is 11. The number of carboxylic acids is 1. The smallest absolute Gasteiger partial charge is 0.311 e. The highest BCUT2D eigenvalue weighted by atomic mass is 16.5. The Balaban J connectivity index is 1.45. The lowest BCUT2D eigenvalue weighted by Gasteiger charge is -2.33. The summed E-state index contributed by atoms with van der Waals surface area (Å²) < 4.78 is 16.9. The van der Waals surface area contributed by atoms with Gasteiger partial charge in [0.05, 0.1) is 14.2 Å². The van der Waals surface area contributed by atoms with Gasteiger partial charge in [-0.25, -0.2) is 0 Å². The minimum absolute atomic E-state index is 0.0472. The van der Waals surface area contributed by atoms with Gasteiger partial charge in [0.1, 0.15) is 5.76 Å². The fourth-order valence-electron chi connectivity index (χ4n) is 5.39. The normalized spacial score (nSPS) is 18.1. The highest BCUT2D eigenvalue weighted by Crippen LogP contribution is 2.43. The monoisotopic (exact) mass is 495 g/mol. The van der Waals surface area contributed by atoms with Crippen LogP contribution in [0.25, 0.3) is 5.76 Å². The lowest BCUT2D eigenvalue weighted by atomic mass is 9.89. The molecule has 1 aliphatic heterocycles. The molecule has 7 nitrogen and oxygen atoms in total. The summed E-state index contributed by atoms with van der Waals surface area (Å²) in [5.41, 5.74) is 4.57. The molecule has 1 aromatic carbocycles. The number of benzene rings is 1. The Morgan fingerprint density at radius 3 is 2.50 bits per heavy atom. The molecular weight excluding hydrogens is 458 g/mol. The predicted octanol–water partition coefficient (Wildman–Crippen LogP) is 5.15. The molecule has 0 bridgehead atoms. The lowest BCUT2D eigenvalue weighted by molar-refractivity contribution is -0.138. The maximum absolute atomic E-state index is 12.6. The van der Waals surface area contributed by atoms with E-state index in [4.69, 9.17) is 19.3 Å². The summed E-state index contributed by atoms with van der Waals surface area (Å²) in [7, 11) is 3.21. The van der Waals surface area contributed by atoms with E-state index in [1.807, 2.05) is 12.1 Å². The largest absolute Gasteiger partial charge is 0.493 e. The van der Waals surface area contributed by atoms with Gasteiger partial charge in [0.2, 0.25) is 0 Å². The van der Waals surface area contributed by atoms with E-state index in [0.29, 0.717) is 29.6 Å². The Morgan fingerprint density at radius 2 is 1.83 bits per heavy atom. The van der Waals surface area contributed by atoms with Gasteiger partial charge in [-0.05, 0) is 87.2 Å². The predicted molar refractivity (Wildman–Crippen MR) is 138 cm³/mol. The zero-order chi connectivity index (χ0) is 25.5. The van der Waals surface area contributed by atoms with Crippen molar-refractivity contribution in [1.82, 2.24) is 4.90 Å². The summed E-state index contributed by atoms with van der Waals surface area (Å²) in [6.07, 6.45) is 13.1. The van der Waals surface area contributed by atoms with Gasteiger partial charge >= 0.3 is 11.9 Å². The van der Waals surface area contributed by atoms with Crippen molar-refractivity contribution in [2.24, 2.45) is 5.92 Å². The topological polar surface area (TPSA) is 85.3 Å². The number of ether oxygens (including phenoxy) is 3. The molecule has 0 spiro atoms. The molecule has 2 aliphatic carbocycles. The van der Waals surface area contributed by atoms with Crippen LogP contribution in [0.15, 0.2) is 41.5 Å². The van der Waals surface area contributed by atoms with Gasteiger partial charge in [-0.1, -0.05) is 23.8 Å². The van der Waals surface area contributed by atoms with E-state index >= 15 is 0 Å². The number of methoxy groups -OCH3 is 2. The summed E-state index contributed by atoms with van der Waals surface area (Å²) in [5, 5.41) is 8.89. The van der Waals surface area contributed by atoms with Crippen LogP contribution >= 0.6 is 0 Å². The number of hydrogen-bond donors (Lipinski definition) is 1. The van der Waals surface area contributed by atoms with Gasteiger partial charge in [0.25, 0.3) is 0 Å². The molecule has 36 heavy (non-hydrogen) atoms. The van der Waals surface area contributed by atoms with Crippen molar-refractivity contribution in [2.45, 2.75) is 57.8 Å². The minimum Gasteiger partial charge on any atom is -0.493 e. The molecule has 3 aliphatic rings. The summed E-state index contributed by atoms with van der Waals surface area (Å²) >= 11 is 0. The first-order valence-electron chi connectivity index (χ1n) is 12.9. The molecule has 1 aromatic rings. The van der Waals surface area contributed by atoms with Gasteiger partial charge in [-0.3, -0.25) is 14.5 Å². The Morgan fingerprint density at radius 1 is 1.08 bits per heavy atom. The zero-order valence-corrected chi connectivity index (χ0v) is 21.4. The van der Waals surface area contributed by atoms with Crippen molar-refractivity contribution in [3.63, 3.8) is 0 Å². The molecule has 1 N–H and O–H groups in total. The molecule has 194 valence electrons. The van der Waals surface area contributed by atoms with E-state index in [-0.39, 0.29) is 19.3 Å². The quantitative estimate of drug-likeness (QED) is 0.425. The molecule has 7 heteroatoms. The molecule has 1 heterocycles. The van der Waals surface area contributed by atoms with Crippen LogP contribution in [0.4, 0.5) is 0 Å². The van der Waals surface area contributed by atoms with Crippen LogP contribution in [0.1, 0.15) is 62.5 Å². The molecule has 0 amide bonds. The van der Waals surface area contributed by atoms with Gasteiger partial charge in [-0.15, -0.1) is 0 Å². The number of aliphatic carboxylic acids is 1. The standard InChI is InChI=1S/C29H37NO6/c1-34-25-17-22-16-23(15-20-11-13-30(14-12-20)19-21-7-4-3-5-8-21)29(24(22)18-26(25)35-2)36-28(33)10-6-9-27(31)32/h3-4,7,17-18,20H,5-6,8-16,19H2,1-2H3,(H,31,32). The molecule has 0 unspecified atom stereocenters. The lowest BCUT2D eigenvalue weighted by Crippen LogP contribution is -2.35. The van der Waals surface area contributed by atoms with E-state index < -0.39 is 11.9 Å². The number of carbonyl (C=O) groups excluding carboxylic acids is 1. The maximum atomic E-state index is 12.6. The fourth-order valence-corrected chi connectivity index (χ4v) is 5.39. The van der Waals surface area contributed by atoms with Crippen molar-refractivity contribution in [3.05, 3.63) is 52.6 Å². The average molecular weight is 496 g/mol. The highest BCUT2D eigenvalue weighted by molar-refractivity contribution is 5.83. The number of piperidine rings is 1. The molecule has 0 atom stereocenters. The van der Waals surface area contributed by atoms with E-state index in [1.165, 1.54) is 5.57 Å². The van der Waals surface area contributed by atoms with Gasteiger partial charge in [-0.2, -0.15) is 0 Å². The highest BCUT2D eigenvalue weighted by Gasteiger charge is 2.30. The van der Waals surface area contributed by atoms with Crippen molar-refractivity contribution in [3.8, 4) is 11.5 Å². The van der Waals surface area contributed by atoms with Crippen LogP contribution in [-0.2, 0) is 20.7 Å². The number of likely N-dealkylation sites (tertiary alicyclic amines) is 1. The molecule has 1 saturated heterocycles. The number of carbonyl (C=O) groups is 2. The van der Waals surface area contributed by atoms with Gasteiger partial charge in [0, 0.05) is 24.9 Å². The van der Waals surface area contributed by atoms with Crippen LogP contribution < -0.4 is 9.47 Å². The second kappa shape index (κ2) is 12.3. The third kappa shape index (κ3) is 6.58. The second-order valence-corrected chi connectivity index (χ2v) is 9.91. The molecule has 4 rings (SSSR count). The Labute approximate surface area is 213 Å². The molecule has 0 radical (unpaired) electrons. The number of fused-ring (bicyclic) bond motifs is 1. The first-order chi connectivity index (χ1) is 17.5. The summed E-state index contributed by atoms with van der Waals surface area (Å²) in [5.74, 6) is 1.11. The van der Waals surface area contributed by atoms with Crippen molar-refractivity contribution in [2.75, 3.05) is 33.9 Å². The van der Waals surface area contributed by atoms with Crippen LogP contribution in [0.2, 0.25) is 0 Å². The van der Waals surface area contributed by atoms with Crippen molar-refractivity contribution in [1.29, 1.82) is 0 Å². The number of carboxylic acid groups (broad SMARTS) is 1. The zero-order valence-electron chi connectivity index (χ0n) is 21.4. The van der Waals surface area contributed by atoms with Gasteiger partial charge in [0.15, 0.2) is 11.5 Å². The Hall–Kier alpha value is -3.06. The second-order valence-electron chi connectivity index (χ2n) is 9.91. The number of hydrogen-bond acceptors (Lipinski definition) is 6. The number of allylic oxidation sites excluding steroid dienone is 4. The van der Waals surface area contributed by atoms with Crippen LogP contribution in [-0.4, -0.2) is 55.8 Å². The number of esters is 1. The molecule has 1 fully saturated rings. The van der Waals surface area contributed by atoms with Crippen molar-refractivity contribution >= 4 is 17.7 Å². The first kappa shape index (κ1) is 26.0. The number of nitrogens with zero attached hydrogens (tertiary/aromatic N) is 1. The van der Waals surface area contributed by atoms with Crippen LogP contribution in [0.5, 0.6) is 11.5 Å². The minimum atomic E-state index is -0.909. The van der Waals surface area contributed by atoms with Crippen LogP contribution in [0.3, 0.4) is 0 Å². The molecule has 0 saturated carbocycles. The van der Waals surface area contributed by atoms with E-state index in [0.717, 1.165) is 68.4 Å². The van der Waals surface area contributed by atoms with E-state index in [9.17, 15) is 9.59 Å². The fraction of sp³-hybridized carbons (Fsp3) is 0.517. The third-order valence-corrected chi connectivity index (χ3v) is 7.34. The maximum Gasteiger partial charge on any atom is 0.311 e. The van der Waals surface area contributed by atoms with E-state index in [2.05, 4.69) is 23.1 Å². The van der Waals surface area contributed by atoms with Crippen molar-refractivity contribution < 1.29 is 28.9 Å². The van der Waals surface area contributed by atoms with E-state index in [1.54, 1.807) is 14.2 Å². The molecular formula is C29H37NO6. The first-order valence-corrected chi connectivity index (χ1v) is 12.9. The average Bonchev–Trinajstić information content (AvgIpc) is 3.20. The third-order valence-electron chi connectivity index (χ3n) is 7.34. The van der Waals surface area contributed by atoms with Gasteiger partial charge < -0.3 is 19.3 Å². The SMILES string of the molecule is COc1cc2c(cc1OC)C(OC(=O)CCCC(=O)O)=C(CC1CCN(CC3=CC=CCC3)CC1)C2. The summed E-state index contributed by atoms with van der Waals surface area (Å²) in [6.45, 7) is 3.22.